The lowest BCUT2D eigenvalue weighted by atomic mass is 9.65. The first kappa shape index (κ1) is 32.3. The number of hydrogen-bond acceptors (Lipinski definition) is 7. The number of aliphatic hydroxyl groups excluding tert-OH is 1. The van der Waals surface area contributed by atoms with Crippen LogP contribution in [0.2, 0.25) is 0 Å². The standard InChI is InChI=1S/C34H48O5S2/c1-29(2,3)19-15-33(16-20(25(19)36)30(4,5)6)34(41-28(40-33)27(38)23-13-14-24(35)39-23)17-21(31(7,8)9)26(37)22(18-34)32(10,11)12/h15-18,23,27-28,38H,13-14H2,1-12H3. The van der Waals surface area contributed by atoms with Crippen molar-refractivity contribution in [1.29, 1.82) is 0 Å². The molecule has 2 atom stereocenters. The molecule has 1 N–H and O–H groups in total. The van der Waals surface area contributed by atoms with Gasteiger partial charge in [-0.3, -0.25) is 14.4 Å². The van der Waals surface area contributed by atoms with Crippen LogP contribution in [0, 0.1) is 21.7 Å². The highest BCUT2D eigenvalue weighted by atomic mass is 32.2. The Labute approximate surface area is 255 Å². The van der Waals surface area contributed by atoms with Gasteiger partial charge in [0.05, 0.1) is 14.1 Å². The Kier molecular flexibility index (Phi) is 7.88. The second-order valence-electron chi connectivity index (χ2n) is 16.1. The van der Waals surface area contributed by atoms with Crippen molar-refractivity contribution in [3.05, 3.63) is 46.6 Å². The van der Waals surface area contributed by atoms with Crippen LogP contribution in [-0.4, -0.2) is 48.9 Å². The quantitative estimate of drug-likeness (QED) is 0.331. The van der Waals surface area contributed by atoms with E-state index in [-0.39, 0.29) is 22.1 Å². The number of ketones is 2. The summed E-state index contributed by atoms with van der Waals surface area (Å²) in [5.41, 5.74) is 1.29. The van der Waals surface area contributed by atoms with Crippen LogP contribution in [0.5, 0.6) is 0 Å². The summed E-state index contributed by atoms with van der Waals surface area (Å²) in [6.07, 6.45) is 7.79. The minimum Gasteiger partial charge on any atom is -0.460 e. The van der Waals surface area contributed by atoms with Crippen molar-refractivity contribution in [1.82, 2.24) is 0 Å². The van der Waals surface area contributed by atoms with Gasteiger partial charge in [0.1, 0.15) is 12.2 Å². The molecular formula is C34H48O5S2. The molecule has 0 amide bonds. The second kappa shape index (κ2) is 9.99. The van der Waals surface area contributed by atoms with E-state index in [0.717, 1.165) is 22.3 Å². The number of rotatable bonds is 2. The maximum atomic E-state index is 14.0. The number of aliphatic hydroxyl groups is 1. The van der Waals surface area contributed by atoms with E-state index in [1.165, 1.54) is 0 Å². The summed E-state index contributed by atoms with van der Waals surface area (Å²) in [4.78, 5) is 40.1. The van der Waals surface area contributed by atoms with E-state index in [4.69, 9.17) is 4.74 Å². The molecule has 4 rings (SSSR count). The van der Waals surface area contributed by atoms with Crippen LogP contribution in [0.3, 0.4) is 0 Å². The van der Waals surface area contributed by atoms with Gasteiger partial charge in [-0.1, -0.05) is 107 Å². The number of allylic oxidation sites excluding steroid dienone is 4. The highest BCUT2D eigenvalue weighted by Crippen LogP contribution is 2.67. The smallest absolute Gasteiger partial charge is 0.306 e. The molecule has 41 heavy (non-hydrogen) atoms. The summed E-state index contributed by atoms with van der Waals surface area (Å²) in [5, 5.41) is 11.7. The predicted octanol–water partition coefficient (Wildman–Crippen LogP) is 7.39. The van der Waals surface area contributed by atoms with Crippen molar-refractivity contribution in [2.75, 3.05) is 0 Å². The Balaban J connectivity index is 2.07. The fourth-order valence-electron chi connectivity index (χ4n) is 6.00. The van der Waals surface area contributed by atoms with Crippen LogP contribution in [-0.2, 0) is 19.1 Å². The average Bonchev–Trinajstić information content (AvgIpc) is 3.35. The maximum absolute atomic E-state index is 14.0. The third kappa shape index (κ3) is 5.72. The Morgan fingerprint density at radius 3 is 1.24 bits per heavy atom. The van der Waals surface area contributed by atoms with Crippen LogP contribution in [0.4, 0.5) is 0 Å². The lowest BCUT2D eigenvalue weighted by Gasteiger charge is -2.46. The van der Waals surface area contributed by atoms with Crippen molar-refractivity contribution in [2.45, 2.75) is 122 Å². The van der Waals surface area contributed by atoms with Gasteiger partial charge in [0.25, 0.3) is 0 Å². The molecule has 7 heteroatoms. The lowest BCUT2D eigenvalue weighted by molar-refractivity contribution is -0.144. The summed E-state index contributed by atoms with van der Waals surface area (Å²) in [7, 11) is 0. The summed E-state index contributed by atoms with van der Waals surface area (Å²) in [6.45, 7) is 24.8. The first-order valence-corrected chi connectivity index (χ1v) is 16.4. The second-order valence-corrected chi connectivity index (χ2v) is 19.3. The minimum absolute atomic E-state index is 0.0528. The highest BCUT2D eigenvalue weighted by molar-refractivity contribution is 8.22. The molecule has 5 nitrogen and oxygen atoms in total. The van der Waals surface area contributed by atoms with E-state index in [0.29, 0.717) is 12.8 Å². The van der Waals surface area contributed by atoms with Crippen LogP contribution < -0.4 is 0 Å². The van der Waals surface area contributed by atoms with Gasteiger partial charge in [0.15, 0.2) is 11.6 Å². The van der Waals surface area contributed by atoms with Gasteiger partial charge in [-0.2, -0.15) is 0 Å². The SMILES string of the molecule is CC(C)(C)C1=CC2(C=C(C(C)(C)C)C1=O)SC(C(O)C1CCC(=O)O1)SC21C=C(C(C)(C)C)C(=O)C(C(C)(C)C)=C1. The molecule has 2 saturated heterocycles. The molecule has 2 aliphatic carbocycles. The number of carbonyl (C=O) groups excluding carboxylic acids is 3. The first-order chi connectivity index (χ1) is 18.4. The van der Waals surface area contributed by atoms with Crippen molar-refractivity contribution >= 4 is 41.1 Å². The zero-order chi connectivity index (χ0) is 31.1. The van der Waals surface area contributed by atoms with Gasteiger partial charge in [-0.05, 0) is 28.1 Å². The van der Waals surface area contributed by atoms with Gasteiger partial charge in [0, 0.05) is 28.7 Å². The van der Waals surface area contributed by atoms with E-state index < -0.39 is 43.4 Å². The number of hydrogen-bond donors (Lipinski definition) is 1. The number of thioether (sulfide) groups is 2. The zero-order valence-corrected chi connectivity index (χ0v) is 28.5. The van der Waals surface area contributed by atoms with E-state index >= 15 is 0 Å². The third-order valence-corrected chi connectivity index (χ3v) is 12.1. The van der Waals surface area contributed by atoms with Gasteiger partial charge in [-0.25, -0.2) is 0 Å². The Bertz CT molecular complexity index is 1130. The van der Waals surface area contributed by atoms with Crippen molar-refractivity contribution in [3.63, 3.8) is 0 Å². The number of ether oxygens (including phenoxy) is 1. The Morgan fingerprint density at radius 1 is 0.683 bits per heavy atom. The van der Waals surface area contributed by atoms with Crippen molar-refractivity contribution < 1.29 is 24.2 Å². The molecule has 0 saturated carbocycles. The molecule has 226 valence electrons. The number of cyclic esters (lactones) is 1. The van der Waals surface area contributed by atoms with Crippen LogP contribution in [0.1, 0.15) is 95.9 Å². The molecular weight excluding hydrogens is 553 g/mol. The fourth-order valence-corrected chi connectivity index (χ4v) is 10.2. The largest absolute Gasteiger partial charge is 0.460 e. The predicted molar refractivity (Wildman–Crippen MR) is 170 cm³/mol. The van der Waals surface area contributed by atoms with E-state index in [1.807, 2.05) is 0 Å². The molecule has 4 aliphatic rings. The van der Waals surface area contributed by atoms with Gasteiger partial charge in [0.2, 0.25) is 0 Å². The monoisotopic (exact) mass is 600 g/mol. The molecule has 2 heterocycles. The third-order valence-electron chi connectivity index (χ3n) is 8.45. The van der Waals surface area contributed by atoms with Crippen LogP contribution in [0.15, 0.2) is 46.6 Å². The zero-order valence-electron chi connectivity index (χ0n) is 26.9. The van der Waals surface area contributed by atoms with Gasteiger partial charge >= 0.3 is 5.97 Å². The molecule has 2 aliphatic heterocycles. The fraction of sp³-hybridized carbons (Fsp3) is 0.676. The molecule has 0 radical (unpaired) electrons. The first-order valence-electron chi connectivity index (χ1n) is 14.7. The minimum atomic E-state index is -0.904. The van der Waals surface area contributed by atoms with Crippen molar-refractivity contribution in [3.8, 4) is 0 Å². The molecule has 2 spiro atoms. The van der Waals surface area contributed by atoms with Crippen molar-refractivity contribution in [2.24, 2.45) is 21.7 Å². The number of carbonyl (C=O) groups is 3. The van der Waals surface area contributed by atoms with Crippen LogP contribution in [0.25, 0.3) is 0 Å². The summed E-state index contributed by atoms with van der Waals surface area (Å²) < 4.78 is 3.64. The van der Waals surface area contributed by atoms with Gasteiger partial charge < -0.3 is 9.84 Å². The Morgan fingerprint density at radius 2 is 1.00 bits per heavy atom. The topological polar surface area (TPSA) is 80.7 Å². The molecule has 0 aromatic rings. The normalized spacial score (nSPS) is 26.2. The molecule has 2 unspecified atom stereocenters. The number of Topliss-reactive ketones (excluding diaryl/α,β-unsaturated/α-hetero) is 2. The van der Waals surface area contributed by atoms with Gasteiger partial charge in [-0.15, -0.1) is 23.5 Å². The summed E-state index contributed by atoms with van der Waals surface area (Å²) in [5.74, 6) is -0.179. The van der Waals surface area contributed by atoms with Crippen LogP contribution >= 0.6 is 23.5 Å². The lowest BCUT2D eigenvalue weighted by Crippen LogP contribution is -2.48. The molecule has 0 aromatic carbocycles. The summed E-state index contributed by atoms with van der Waals surface area (Å²) >= 11 is 3.24. The molecule has 0 aromatic heterocycles. The Hall–Kier alpha value is -1.57. The number of fused-ring (bicyclic) bond motifs is 1. The van der Waals surface area contributed by atoms with E-state index in [2.05, 4.69) is 107 Å². The summed E-state index contributed by atoms with van der Waals surface area (Å²) in [6, 6.07) is 0. The highest BCUT2D eigenvalue weighted by Gasteiger charge is 2.62. The number of esters is 1. The molecule has 2 fully saturated rings. The maximum Gasteiger partial charge on any atom is 0.306 e. The average molecular weight is 601 g/mol. The van der Waals surface area contributed by atoms with E-state index in [1.54, 1.807) is 23.5 Å². The molecule has 0 bridgehead atoms. The van der Waals surface area contributed by atoms with E-state index in [9.17, 15) is 19.5 Å².